The maximum atomic E-state index is 13.1. The molecule has 6 heteroatoms. The normalized spacial score (nSPS) is 23.1. The van der Waals surface area contributed by atoms with Crippen LogP contribution in [0.3, 0.4) is 0 Å². The summed E-state index contributed by atoms with van der Waals surface area (Å²) in [5.74, 6) is 0.428. The molecule has 1 aromatic heterocycles. The van der Waals surface area contributed by atoms with E-state index in [0.717, 1.165) is 57.5 Å². The van der Waals surface area contributed by atoms with Gasteiger partial charge in [-0.1, -0.05) is 12.1 Å². The number of rotatable bonds is 4. The number of carbonyl (C=O) groups is 1. The highest BCUT2D eigenvalue weighted by atomic mass is 19.1. The standard InChI is InChI=1S/C21H25FN2O3/c1-26-19-8-7-18(27-19)20(25)24-12-10-21(15-24)9-2-11-23(14-21)13-16-3-5-17(22)6-4-16/h3-8H,2,9-15H2,1H3. The van der Waals surface area contributed by atoms with E-state index in [1.807, 2.05) is 17.0 Å². The number of hydrogen-bond acceptors (Lipinski definition) is 4. The molecule has 144 valence electrons. The molecule has 1 amide bonds. The van der Waals surface area contributed by atoms with Crippen molar-refractivity contribution in [1.29, 1.82) is 0 Å². The maximum Gasteiger partial charge on any atom is 0.289 e. The first-order valence-corrected chi connectivity index (χ1v) is 9.47. The zero-order valence-electron chi connectivity index (χ0n) is 15.6. The van der Waals surface area contributed by atoms with E-state index >= 15 is 0 Å². The van der Waals surface area contributed by atoms with Crippen molar-refractivity contribution in [2.45, 2.75) is 25.8 Å². The maximum absolute atomic E-state index is 13.1. The number of likely N-dealkylation sites (tertiary alicyclic amines) is 2. The minimum Gasteiger partial charge on any atom is -0.468 e. The fourth-order valence-corrected chi connectivity index (χ4v) is 4.44. The average molecular weight is 372 g/mol. The minimum atomic E-state index is -0.201. The third kappa shape index (κ3) is 3.86. The largest absolute Gasteiger partial charge is 0.468 e. The number of benzene rings is 1. The summed E-state index contributed by atoms with van der Waals surface area (Å²) in [6.07, 6.45) is 3.27. The van der Waals surface area contributed by atoms with Crippen molar-refractivity contribution < 1.29 is 18.3 Å². The van der Waals surface area contributed by atoms with Crippen molar-refractivity contribution in [3.8, 4) is 5.95 Å². The van der Waals surface area contributed by atoms with E-state index in [9.17, 15) is 9.18 Å². The summed E-state index contributed by atoms with van der Waals surface area (Å²) < 4.78 is 23.6. The van der Waals surface area contributed by atoms with Gasteiger partial charge in [-0.05, 0) is 49.6 Å². The number of methoxy groups -OCH3 is 1. The molecule has 2 aromatic rings. The molecule has 2 fully saturated rings. The van der Waals surface area contributed by atoms with Crippen LogP contribution in [0.15, 0.2) is 40.8 Å². The van der Waals surface area contributed by atoms with Gasteiger partial charge in [0.15, 0.2) is 5.76 Å². The molecule has 1 spiro atoms. The summed E-state index contributed by atoms with van der Waals surface area (Å²) in [7, 11) is 1.52. The Morgan fingerprint density at radius 3 is 2.70 bits per heavy atom. The van der Waals surface area contributed by atoms with E-state index in [1.54, 1.807) is 12.1 Å². The molecule has 1 aromatic carbocycles. The van der Waals surface area contributed by atoms with Crippen LogP contribution in [0.1, 0.15) is 35.4 Å². The lowest BCUT2D eigenvalue weighted by atomic mass is 9.79. The Bertz CT molecular complexity index is 804. The Balaban J connectivity index is 1.40. The topological polar surface area (TPSA) is 45.9 Å². The van der Waals surface area contributed by atoms with Crippen LogP contribution in [-0.2, 0) is 6.54 Å². The third-order valence-electron chi connectivity index (χ3n) is 5.78. The summed E-state index contributed by atoms with van der Waals surface area (Å²) in [5.41, 5.74) is 1.27. The second-order valence-electron chi connectivity index (χ2n) is 7.74. The van der Waals surface area contributed by atoms with E-state index < -0.39 is 0 Å². The number of hydrogen-bond donors (Lipinski definition) is 0. The monoisotopic (exact) mass is 372 g/mol. The van der Waals surface area contributed by atoms with Crippen LogP contribution >= 0.6 is 0 Å². The summed E-state index contributed by atoms with van der Waals surface area (Å²) >= 11 is 0. The molecule has 3 heterocycles. The number of carbonyl (C=O) groups excluding carboxylic acids is 1. The van der Waals surface area contributed by atoms with Gasteiger partial charge in [-0.3, -0.25) is 9.69 Å². The highest BCUT2D eigenvalue weighted by Crippen LogP contribution is 2.40. The lowest BCUT2D eigenvalue weighted by Crippen LogP contribution is -2.45. The quantitative estimate of drug-likeness (QED) is 0.823. The van der Waals surface area contributed by atoms with E-state index in [2.05, 4.69) is 4.90 Å². The smallest absolute Gasteiger partial charge is 0.289 e. The molecule has 0 saturated carbocycles. The summed E-state index contributed by atoms with van der Waals surface area (Å²) in [4.78, 5) is 17.1. The molecule has 0 aliphatic carbocycles. The Hall–Kier alpha value is -2.34. The van der Waals surface area contributed by atoms with E-state index in [1.165, 1.54) is 19.2 Å². The molecule has 27 heavy (non-hydrogen) atoms. The van der Waals surface area contributed by atoms with Gasteiger partial charge in [-0.25, -0.2) is 4.39 Å². The highest BCUT2D eigenvalue weighted by Gasteiger charge is 2.43. The van der Waals surface area contributed by atoms with Crippen molar-refractivity contribution >= 4 is 5.91 Å². The molecular weight excluding hydrogens is 347 g/mol. The number of ether oxygens (including phenoxy) is 1. The number of amides is 1. The van der Waals surface area contributed by atoms with Crippen molar-refractivity contribution in [2.75, 3.05) is 33.3 Å². The van der Waals surface area contributed by atoms with Crippen LogP contribution in [0.2, 0.25) is 0 Å². The van der Waals surface area contributed by atoms with E-state index in [4.69, 9.17) is 9.15 Å². The summed E-state index contributed by atoms with van der Waals surface area (Å²) in [6, 6.07) is 10.1. The second kappa shape index (κ2) is 7.35. The van der Waals surface area contributed by atoms with Crippen LogP contribution in [0.4, 0.5) is 4.39 Å². The molecule has 0 radical (unpaired) electrons. The van der Waals surface area contributed by atoms with Crippen LogP contribution < -0.4 is 4.74 Å². The Labute approximate surface area is 158 Å². The van der Waals surface area contributed by atoms with Crippen molar-refractivity contribution in [2.24, 2.45) is 5.41 Å². The van der Waals surface area contributed by atoms with Gasteiger partial charge in [0.2, 0.25) is 0 Å². The van der Waals surface area contributed by atoms with Gasteiger partial charge >= 0.3 is 0 Å². The molecule has 0 N–H and O–H groups in total. The Morgan fingerprint density at radius 2 is 1.96 bits per heavy atom. The number of furan rings is 1. The average Bonchev–Trinajstić information content (AvgIpc) is 3.31. The third-order valence-corrected chi connectivity index (χ3v) is 5.78. The fraction of sp³-hybridized carbons (Fsp3) is 0.476. The summed E-state index contributed by atoms with van der Waals surface area (Å²) in [6.45, 7) is 4.35. The first kappa shape index (κ1) is 18.0. The van der Waals surface area contributed by atoms with Crippen molar-refractivity contribution in [3.05, 3.63) is 53.5 Å². The van der Waals surface area contributed by atoms with Crippen LogP contribution in [0.5, 0.6) is 5.95 Å². The molecule has 2 saturated heterocycles. The first-order chi connectivity index (χ1) is 13.1. The Morgan fingerprint density at radius 1 is 1.15 bits per heavy atom. The molecule has 2 aliphatic heterocycles. The van der Waals surface area contributed by atoms with Crippen molar-refractivity contribution in [3.63, 3.8) is 0 Å². The van der Waals surface area contributed by atoms with Gasteiger partial charge in [0.05, 0.1) is 7.11 Å². The number of halogens is 1. The van der Waals surface area contributed by atoms with Gasteiger partial charge in [0.25, 0.3) is 11.9 Å². The molecule has 4 rings (SSSR count). The zero-order valence-corrected chi connectivity index (χ0v) is 15.6. The van der Waals surface area contributed by atoms with E-state index in [0.29, 0.717) is 11.7 Å². The number of nitrogens with zero attached hydrogens (tertiary/aromatic N) is 2. The second-order valence-corrected chi connectivity index (χ2v) is 7.74. The van der Waals surface area contributed by atoms with Gasteiger partial charge in [-0.15, -0.1) is 0 Å². The highest BCUT2D eigenvalue weighted by molar-refractivity contribution is 5.91. The summed E-state index contributed by atoms with van der Waals surface area (Å²) in [5, 5.41) is 0. The molecule has 1 unspecified atom stereocenters. The van der Waals surface area contributed by atoms with Crippen LogP contribution in [0, 0.1) is 11.2 Å². The molecule has 5 nitrogen and oxygen atoms in total. The zero-order chi connectivity index (χ0) is 18.9. The van der Waals surface area contributed by atoms with Gasteiger partial charge in [0.1, 0.15) is 5.82 Å². The molecule has 0 bridgehead atoms. The lowest BCUT2D eigenvalue weighted by molar-refractivity contribution is 0.0647. The van der Waals surface area contributed by atoms with Crippen molar-refractivity contribution in [1.82, 2.24) is 9.80 Å². The minimum absolute atomic E-state index is 0.0640. The predicted octanol–water partition coefficient (Wildman–Crippen LogP) is 3.56. The van der Waals surface area contributed by atoms with Gasteiger partial charge in [0, 0.05) is 37.7 Å². The first-order valence-electron chi connectivity index (χ1n) is 9.47. The van der Waals surface area contributed by atoms with Crippen LogP contribution in [-0.4, -0.2) is 49.0 Å². The van der Waals surface area contributed by atoms with E-state index in [-0.39, 0.29) is 17.1 Å². The SMILES string of the molecule is COc1ccc(C(=O)N2CCC3(CCCN(Cc4ccc(F)cc4)C3)C2)o1. The van der Waals surface area contributed by atoms with Gasteiger partial charge < -0.3 is 14.1 Å². The predicted molar refractivity (Wildman–Crippen MR) is 99.1 cm³/mol. The van der Waals surface area contributed by atoms with Gasteiger partial charge in [-0.2, -0.15) is 0 Å². The molecule has 2 aliphatic rings. The molecular formula is C21H25FN2O3. The molecule has 1 atom stereocenters. The fourth-order valence-electron chi connectivity index (χ4n) is 4.44. The number of piperidine rings is 1. The van der Waals surface area contributed by atoms with Crippen LogP contribution in [0.25, 0.3) is 0 Å². The Kier molecular flexibility index (Phi) is 4.91. The lowest BCUT2D eigenvalue weighted by Gasteiger charge is -2.40.